The monoisotopic (exact) mass is 389 g/mol. The quantitative estimate of drug-likeness (QED) is 0.696. The number of hydrogen-bond acceptors (Lipinski definition) is 7. The highest BCUT2D eigenvalue weighted by Gasteiger charge is 2.20. The number of benzene rings is 1. The Labute approximate surface area is 154 Å². The number of nitrogens with zero attached hydrogens (tertiary/aromatic N) is 2. The summed E-state index contributed by atoms with van der Waals surface area (Å²) in [4.78, 5) is 8.91. The number of rotatable bonds is 6. The molecule has 0 saturated heterocycles. The van der Waals surface area contributed by atoms with E-state index in [2.05, 4.69) is 14.7 Å². The number of nitrogens with one attached hydrogen (secondary N) is 1. The second-order valence-electron chi connectivity index (χ2n) is 5.50. The van der Waals surface area contributed by atoms with Crippen molar-refractivity contribution in [1.82, 2.24) is 14.7 Å². The Balaban J connectivity index is 1.39. The third-order valence-electron chi connectivity index (χ3n) is 3.76. The summed E-state index contributed by atoms with van der Waals surface area (Å²) in [6, 6.07) is 10.2. The molecule has 1 aliphatic heterocycles. The van der Waals surface area contributed by atoms with Gasteiger partial charge in [0.15, 0.2) is 11.5 Å². The van der Waals surface area contributed by atoms with Gasteiger partial charge in [-0.25, -0.2) is 18.1 Å². The lowest BCUT2D eigenvalue weighted by Gasteiger charge is -2.06. The Morgan fingerprint density at radius 3 is 2.85 bits per heavy atom. The maximum absolute atomic E-state index is 12.4. The number of aromatic nitrogens is 2. The summed E-state index contributed by atoms with van der Waals surface area (Å²) < 4.78 is 37.8. The van der Waals surface area contributed by atoms with Gasteiger partial charge in [0.1, 0.15) is 0 Å². The van der Waals surface area contributed by atoms with Crippen LogP contribution < -0.4 is 14.2 Å². The number of pyridine rings is 1. The predicted octanol–water partition coefficient (Wildman–Crippen LogP) is 2.45. The molecule has 4 rings (SSSR count). The van der Waals surface area contributed by atoms with Gasteiger partial charge in [0.05, 0.1) is 21.3 Å². The van der Waals surface area contributed by atoms with E-state index in [9.17, 15) is 8.42 Å². The summed E-state index contributed by atoms with van der Waals surface area (Å²) in [6.45, 7) is 0.362. The first-order valence-corrected chi connectivity index (χ1v) is 10.2. The lowest BCUT2D eigenvalue weighted by molar-refractivity contribution is 0.174. The largest absolute Gasteiger partial charge is 0.454 e. The molecule has 0 atom stereocenters. The molecule has 9 heteroatoms. The lowest BCUT2D eigenvalue weighted by Crippen LogP contribution is -2.25. The fourth-order valence-corrected chi connectivity index (χ4v) is 4.32. The van der Waals surface area contributed by atoms with Crippen LogP contribution in [0.1, 0.15) is 5.01 Å². The predicted molar refractivity (Wildman–Crippen MR) is 96.8 cm³/mol. The first kappa shape index (κ1) is 17.0. The Kier molecular flexibility index (Phi) is 4.58. The number of sulfonamides is 1. The molecule has 134 valence electrons. The van der Waals surface area contributed by atoms with Crippen molar-refractivity contribution in [2.45, 2.75) is 11.3 Å². The van der Waals surface area contributed by atoms with Crippen LogP contribution in [0.25, 0.3) is 11.4 Å². The fourth-order valence-electron chi connectivity index (χ4n) is 2.48. The lowest BCUT2D eigenvalue weighted by atomic mass is 10.3. The zero-order valence-electron chi connectivity index (χ0n) is 13.6. The summed E-state index contributed by atoms with van der Waals surface area (Å²) in [5.41, 5.74) is 1.60. The molecule has 3 aromatic rings. The number of ether oxygens (including phenoxy) is 2. The molecule has 1 N–H and O–H groups in total. The van der Waals surface area contributed by atoms with Crippen molar-refractivity contribution in [3.63, 3.8) is 0 Å². The Bertz CT molecular complexity index is 1020. The summed E-state index contributed by atoms with van der Waals surface area (Å²) >= 11 is 1.48. The molecule has 0 aliphatic carbocycles. The molecule has 0 bridgehead atoms. The summed E-state index contributed by atoms with van der Waals surface area (Å²) in [5, 5.41) is 2.77. The van der Waals surface area contributed by atoms with E-state index in [1.54, 1.807) is 12.3 Å². The smallest absolute Gasteiger partial charge is 0.240 e. The molecule has 2 aromatic heterocycles. The van der Waals surface area contributed by atoms with E-state index >= 15 is 0 Å². The molecular weight excluding hydrogens is 374 g/mol. The minimum absolute atomic E-state index is 0.106. The molecule has 0 saturated carbocycles. The van der Waals surface area contributed by atoms with Crippen LogP contribution in [0.3, 0.4) is 0 Å². The van der Waals surface area contributed by atoms with Gasteiger partial charge in [-0.1, -0.05) is 6.07 Å². The average molecular weight is 389 g/mol. The van der Waals surface area contributed by atoms with Crippen molar-refractivity contribution in [2.24, 2.45) is 0 Å². The van der Waals surface area contributed by atoms with Gasteiger partial charge in [-0.15, -0.1) is 11.3 Å². The Morgan fingerprint density at radius 1 is 1.12 bits per heavy atom. The third-order valence-corrected chi connectivity index (χ3v) is 6.13. The van der Waals surface area contributed by atoms with Crippen molar-refractivity contribution in [3.8, 4) is 22.9 Å². The van der Waals surface area contributed by atoms with E-state index in [1.165, 1.54) is 23.5 Å². The van der Waals surface area contributed by atoms with E-state index in [4.69, 9.17) is 9.47 Å². The molecule has 1 aliphatic rings. The van der Waals surface area contributed by atoms with Crippen LogP contribution in [0, 0.1) is 0 Å². The zero-order valence-corrected chi connectivity index (χ0v) is 15.2. The normalized spacial score (nSPS) is 13.1. The number of fused-ring (bicyclic) bond motifs is 1. The highest BCUT2D eigenvalue weighted by atomic mass is 32.2. The Morgan fingerprint density at radius 2 is 2.00 bits per heavy atom. The highest BCUT2D eigenvalue weighted by molar-refractivity contribution is 7.89. The van der Waals surface area contributed by atoms with Crippen LogP contribution in [0.5, 0.6) is 11.5 Å². The molecule has 3 heterocycles. The van der Waals surface area contributed by atoms with Gasteiger partial charge in [0, 0.05) is 30.6 Å². The van der Waals surface area contributed by atoms with E-state index in [0.717, 1.165) is 16.4 Å². The molecule has 26 heavy (non-hydrogen) atoms. The first-order valence-electron chi connectivity index (χ1n) is 7.87. The zero-order chi connectivity index (χ0) is 18.0. The van der Waals surface area contributed by atoms with E-state index in [1.807, 2.05) is 23.6 Å². The van der Waals surface area contributed by atoms with Gasteiger partial charge in [0.25, 0.3) is 0 Å². The molecule has 0 spiro atoms. The second-order valence-corrected chi connectivity index (χ2v) is 8.21. The van der Waals surface area contributed by atoms with Crippen LogP contribution >= 0.6 is 11.3 Å². The summed E-state index contributed by atoms with van der Waals surface area (Å²) in [6.07, 6.45) is 2.22. The molecule has 0 unspecified atom stereocenters. The third kappa shape index (κ3) is 3.55. The van der Waals surface area contributed by atoms with Crippen LogP contribution in [-0.4, -0.2) is 31.7 Å². The molecule has 0 radical (unpaired) electrons. The van der Waals surface area contributed by atoms with Gasteiger partial charge in [0.2, 0.25) is 16.8 Å². The summed E-state index contributed by atoms with van der Waals surface area (Å²) in [5.74, 6) is 0.988. The van der Waals surface area contributed by atoms with Gasteiger partial charge < -0.3 is 9.47 Å². The minimum Gasteiger partial charge on any atom is -0.454 e. The van der Waals surface area contributed by atoms with E-state index in [0.29, 0.717) is 17.9 Å². The number of hydrogen-bond donors (Lipinski definition) is 1. The Hall–Kier alpha value is -2.49. The van der Waals surface area contributed by atoms with Crippen molar-refractivity contribution in [1.29, 1.82) is 0 Å². The molecule has 0 amide bonds. The molecule has 7 nitrogen and oxygen atoms in total. The van der Waals surface area contributed by atoms with Crippen molar-refractivity contribution >= 4 is 21.4 Å². The average Bonchev–Trinajstić information content (AvgIpc) is 3.31. The van der Waals surface area contributed by atoms with Crippen LogP contribution in [-0.2, 0) is 16.4 Å². The van der Waals surface area contributed by atoms with Gasteiger partial charge in [-0.2, -0.15) is 0 Å². The minimum atomic E-state index is -3.62. The number of thiazole rings is 1. The van der Waals surface area contributed by atoms with Crippen LogP contribution in [0.2, 0.25) is 0 Å². The summed E-state index contributed by atoms with van der Waals surface area (Å²) in [7, 11) is -3.62. The topological polar surface area (TPSA) is 90.4 Å². The standard InChI is InChI=1S/C17H15N3O4S2/c21-26(22,12-4-5-15-16(9-12)24-11-23-15)19-8-6-17-20-14(10-25-17)13-3-1-2-7-18-13/h1-5,7,9-10,19H,6,8,11H2. The van der Waals surface area contributed by atoms with E-state index < -0.39 is 10.0 Å². The maximum Gasteiger partial charge on any atom is 0.240 e. The second kappa shape index (κ2) is 7.02. The van der Waals surface area contributed by atoms with Gasteiger partial charge >= 0.3 is 0 Å². The van der Waals surface area contributed by atoms with Gasteiger partial charge in [-0.05, 0) is 24.3 Å². The molecule has 1 aromatic carbocycles. The van der Waals surface area contributed by atoms with Crippen LogP contribution in [0.15, 0.2) is 52.9 Å². The molecule has 0 fully saturated rings. The fraction of sp³-hybridized carbons (Fsp3) is 0.176. The molecular formula is C17H15N3O4S2. The van der Waals surface area contributed by atoms with Crippen molar-refractivity contribution < 1.29 is 17.9 Å². The highest BCUT2D eigenvalue weighted by Crippen LogP contribution is 2.33. The van der Waals surface area contributed by atoms with E-state index in [-0.39, 0.29) is 18.2 Å². The maximum atomic E-state index is 12.4. The van der Waals surface area contributed by atoms with Crippen molar-refractivity contribution in [2.75, 3.05) is 13.3 Å². The van der Waals surface area contributed by atoms with Crippen LogP contribution in [0.4, 0.5) is 0 Å². The SMILES string of the molecule is O=S(=O)(NCCc1nc(-c2ccccn2)cs1)c1ccc2c(c1)OCO2. The van der Waals surface area contributed by atoms with Gasteiger partial charge in [-0.3, -0.25) is 4.98 Å². The van der Waals surface area contributed by atoms with Crippen molar-refractivity contribution in [3.05, 3.63) is 53.0 Å². The first-order chi connectivity index (χ1) is 12.6.